The molecule has 0 saturated carbocycles. The van der Waals surface area contributed by atoms with E-state index >= 15 is 0 Å². The number of halogens is 2. The van der Waals surface area contributed by atoms with Crippen LogP contribution in [0.5, 0.6) is 0 Å². The Kier molecular flexibility index (Phi) is 11.0. The summed E-state index contributed by atoms with van der Waals surface area (Å²) in [5.41, 5.74) is -0.344. The predicted octanol–water partition coefficient (Wildman–Crippen LogP) is 5.41. The van der Waals surface area contributed by atoms with Crippen LogP contribution < -0.4 is 10.6 Å². The van der Waals surface area contributed by atoms with E-state index in [0.29, 0.717) is 16.8 Å². The second-order valence-corrected chi connectivity index (χ2v) is 12.3. The second-order valence-electron chi connectivity index (χ2n) is 11.5. The molecule has 0 aromatic heterocycles. The van der Waals surface area contributed by atoms with Crippen molar-refractivity contribution in [2.45, 2.75) is 43.9 Å². The van der Waals surface area contributed by atoms with Crippen LogP contribution in [0.25, 0.3) is 10.8 Å². The molecule has 49 heavy (non-hydrogen) atoms. The van der Waals surface area contributed by atoms with Gasteiger partial charge >= 0.3 is 11.9 Å². The number of esters is 1. The van der Waals surface area contributed by atoms with Gasteiger partial charge in [-0.2, -0.15) is 0 Å². The van der Waals surface area contributed by atoms with E-state index in [1.807, 2.05) is 30.3 Å². The van der Waals surface area contributed by atoms with E-state index in [-0.39, 0.29) is 34.4 Å². The molecule has 5 rings (SSSR count). The molecule has 1 aliphatic rings. The maximum Gasteiger partial charge on any atom is 0.341 e. The van der Waals surface area contributed by atoms with Crippen LogP contribution >= 0.6 is 23.2 Å². The Morgan fingerprint density at radius 3 is 2.27 bits per heavy atom. The zero-order valence-electron chi connectivity index (χ0n) is 26.2. The van der Waals surface area contributed by atoms with Gasteiger partial charge in [-0.15, -0.1) is 0 Å². The summed E-state index contributed by atoms with van der Waals surface area (Å²) in [6, 6.07) is 23.9. The maximum absolute atomic E-state index is 14.0. The zero-order chi connectivity index (χ0) is 35.1. The normalized spacial score (nSPS) is 16.5. The van der Waals surface area contributed by atoms with Gasteiger partial charge in [-0.25, -0.2) is 4.79 Å². The van der Waals surface area contributed by atoms with E-state index in [1.165, 1.54) is 18.2 Å². The lowest BCUT2D eigenvalue weighted by atomic mass is 9.87. The number of ether oxygens (including phenoxy) is 1. The van der Waals surface area contributed by atoms with Crippen molar-refractivity contribution >= 4 is 69.2 Å². The van der Waals surface area contributed by atoms with Gasteiger partial charge in [-0.1, -0.05) is 101 Å². The lowest BCUT2D eigenvalue weighted by Crippen LogP contribution is -2.55. The SMILES string of the molecule is C[C@H](NC(=O)c1cccc2ccccc12)C1=NOC(Cc2ccccc2)(C(=O)NC(CC(=O)O)C(=O)COC(=O)c2c(Cl)cccc2Cl)C1. The van der Waals surface area contributed by atoms with Crippen molar-refractivity contribution in [2.24, 2.45) is 5.16 Å². The third-order valence-electron chi connectivity index (χ3n) is 8.02. The van der Waals surface area contributed by atoms with Crippen molar-refractivity contribution in [2.75, 3.05) is 6.61 Å². The number of carbonyl (C=O) groups excluding carboxylic acids is 4. The van der Waals surface area contributed by atoms with E-state index in [0.717, 1.165) is 10.8 Å². The Labute approximate surface area is 291 Å². The van der Waals surface area contributed by atoms with Crippen LogP contribution in [0.2, 0.25) is 10.0 Å². The largest absolute Gasteiger partial charge is 0.481 e. The minimum Gasteiger partial charge on any atom is -0.481 e. The average Bonchev–Trinajstić information content (AvgIpc) is 3.52. The molecule has 0 saturated heterocycles. The topological polar surface area (TPSA) is 160 Å². The number of aliphatic carboxylic acids is 1. The van der Waals surface area contributed by atoms with Crippen molar-refractivity contribution < 1.29 is 38.7 Å². The molecule has 0 fully saturated rings. The number of oxime groups is 1. The summed E-state index contributed by atoms with van der Waals surface area (Å²) >= 11 is 12.1. The molecule has 252 valence electrons. The molecule has 0 aliphatic carbocycles. The van der Waals surface area contributed by atoms with Gasteiger partial charge in [0.1, 0.15) is 6.04 Å². The molecule has 11 nitrogen and oxygen atoms in total. The van der Waals surface area contributed by atoms with Crippen LogP contribution in [0.1, 0.15) is 46.0 Å². The summed E-state index contributed by atoms with van der Waals surface area (Å²) < 4.78 is 5.09. The predicted molar refractivity (Wildman–Crippen MR) is 183 cm³/mol. The molecule has 2 unspecified atom stereocenters. The van der Waals surface area contributed by atoms with Gasteiger partial charge in [0.2, 0.25) is 5.60 Å². The van der Waals surface area contributed by atoms with Crippen molar-refractivity contribution in [1.29, 1.82) is 0 Å². The monoisotopic (exact) mass is 703 g/mol. The Morgan fingerprint density at radius 1 is 0.898 bits per heavy atom. The number of hydrogen-bond acceptors (Lipinski definition) is 8. The Morgan fingerprint density at radius 2 is 1.55 bits per heavy atom. The number of hydrogen-bond donors (Lipinski definition) is 3. The van der Waals surface area contributed by atoms with Gasteiger partial charge in [-0.05, 0) is 41.5 Å². The number of nitrogens with one attached hydrogen (secondary N) is 2. The first-order valence-electron chi connectivity index (χ1n) is 15.2. The number of benzene rings is 4. The molecule has 1 aliphatic heterocycles. The number of carboxylic acids is 1. The third kappa shape index (κ3) is 8.25. The fourth-order valence-electron chi connectivity index (χ4n) is 5.45. The van der Waals surface area contributed by atoms with Crippen molar-refractivity contribution in [3.8, 4) is 0 Å². The molecule has 2 amide bonds. The lowest BCUT2D eigenvalue weighted by molar-refractivity contribution is -0.148. The van der Waals surface area contributed by atoms with E-state index in [9.17, 15) is 29.1 Å². The maximum atomic E-state index is 14.0. The van der Waals surface area contributed by atoms with Gasteiger partial charge in [0.05, 0.1) is 33.8 Å². The smallest absolute Gasteiger partial charge is 0.341 e. The highest BCUT2D eigenvalue weighted by molar-refractivity contribution is 6.39. The van der Waals surface area contributed by atoms with Crippen LogP contribution in [-0.2, 0) is 30.4 Å². The van der Waals surface area contributed by atoms with Crippen LogP contribution in [-0.4, -0.2) is 64.6 Å². The highest BCUT2D eigenvalue weighted by atomic mass is 35.5. The van der Waals surface area contributed by atoms with E-state index < -0.39 is 54.3 Å². The summed E-state index contributed by atoms with van der Waals surface area (Å²) in [6.07, 6.45) is -0.884. The second kappa shape index (κ2) is 15.3. The van der Waals surface area contributed by atoms with E-state index in [2.05, 4.69) is 15.8 Å². The number of nitrogens with zero attached hydrogens (tertiary/aromatic N) is 1. The first-order chi connectivity index (χ1) is 23.5. The number of carbonyl (C=O) groups is 5. The average molecular weight is 705 g/mol. The molecule has 13 heteroatoms. The number of amides is 2. The summed E-state index contributed by atoms with van der Waals surface area (Å²) in [5, 5.41) is 20.8. The van der Waals surface area contributed by atoms with Crippen molar-refractivity contribution in [3.05, 3.63) is 118 Å². The number of rotatable bonds is 13. The number of ketones is 1. The van der Waals surface area contributed by atoms with Crippen LogP contribution in [0, 0.1) is 0 Å². The molecule has 1 heterocycles. The van der Waals surface area contributed by atoms with Crippen molar-refractivity contribution in [1.82, 2.24) is 10.6 Å². The van der Waals surface area contributed by atoms with Gasteiger partial charge in [0.15, 0.2) is 12.4 Å². The molecular formula is C36H31Cl2N3O8. The molecule has 3 atom stereocenters. The fraction of sp³-hybridized carbons (Fsp3) is 0.222. The van der Waals surface area contributed by atoms with Crippen LogP contribution in [0.15, 0.2) is 96.2 Å². The lowest BCUT2D eigenvalue weighted by Gasteiger charge is -2.28. The van der Waals surface area contributed by atoms with Gasteiger partial charge in [0.25, 0.3) is 11.8 Å². The highest BCUT2D eigenvalue weighted by Gasteiger charge is 2.49. The summed E-state index contributed by atoms with van der Waals surface area (Å²) in [7, 11) is 0. The summed E-state index contributed by atoms with van der Waals surface area (Å²) in [6.45, 7) is 0.836. The number of Topliss-reactive ketones (excluding diaryl/α,β-unsaturated/α-hetero) is 1. The Bertz CT molecular complexity index is 1930. The van der Waals surface area contributed by atoms with Gasteiger partial charge in [0, 0.05) is 18.4 Å². The van der Waals surface area contributed by atoms with Crippen LogP contribution in [0.3, 0.4) is 0 Å². The quantitative estimate of drug-likeness (QED) is 0.156. The van der Waals surface area contributed by atoms with Crippen LogP contribution in [0.4, 0.5) is 0 Å². The van der Waals surface area contributed by atoms with E-state index in [4.69, 9.17) is 32.8 Å². The molecule has 0 radical (unpaired) electrons. The summed E-state index contributed by atoms with van der Waals surface area (Å²) in [5.74, 6) is -4.44. The third-order valence-corrected chi connectivity index (χ3v) is 8.65. The molecule has 0 bridgehead atoms. The zero-order valence-corrected chi connectivity index (χ0v) is 27.7. The standard InChI is InChI=1S/C36H31Cl2N3O8/c1-21(39-33(45)25-14-7-12-23-11-5-6-13-24(23)25)29-19-36(49-41-29,18-22-9-3-2-4-10-22)35(47)40-28(17-31(43)44)30(42)20-48-34(46)32-26(37)15-8-16-27(32)38/h2-16,21,28H,17-20H2,1H3,(H,39,45)(H,40,47)(H,43,44)/t21-,28?,36?/m0/s1. The Balaban J connectivity index is 1.32. The highest BCUT2D eigenvalue weighted by Crippen LogP contribution is 2.31. The molecule has 0 spiro atoms. The fourth-order valence-corrected chi connectivity index (χ4v) is 6.00. The minimum absolute atomic E-state index is 0.0000781. The van der Waals surface area contributed by atoms with E-state index in [1.54, 1.807) is 49.4 Å². The molecule has 4 aromatic carbocycles. The summed E-state index contributed by atoms with van der Waals surface area (Å²) in [4.78, 5) is 70.7. The molecule has 4 aromatic rings. The number of fused-ring (bicyclic) bond motifs is 1. The van der Waals surface area contributed by atoms with Crippen molar-refractivity contribution in [3.63, 3.8) is 0 Å². The number of carboxylic acid groups (broad SMARTS) is 1. The molecule has 3 N–H and O–H groups in total. The minimum atomic E-state index is -1.70. The van der Waals surface area contributed by atoms with Gasteiger partial charge in [-0.3, -0.25) is 19.2 Å². The molecular weight excluding hydrogens is 673 g/mol. The van der Waals surface area contributed by atoms with Gasteiger partial charge < -0.3 is 25.3 Å². The Hall–Kier alpha value is -5.26. The first-order valence-corrected chi connectivity index (χ1v) is 16.0. The first kappa shape index (κ1) is 35.1.